The topological polar surface area (TPSA) is 41.5 Å². The molecule has 0 radical (unpaired) electrons. The van der Waals surface area contributed by atoms with E-state index in [9.17, 15) is 4.79 Å². The number of fused-ring (bicyclic) bond motifs is 1. The molecule has 1 amide bonds. The van der Waals surface area contributed by atoms with Gasteiger partial charge in [-0.15, -0.1) is 0 Å². The van der Waals surface area contributed by atoms with Crippen LogP contribution in [0.2, 0.25) is 0 Å². The van der Waals surface area contributed by atoms with Crippen LogP contribution in [0.4, 0.5) is 11.4 Å². The summed E-state index contributed by atoms with van der Waals surface area (Å²) in [5, 5.41) is 2.82. The Morgan fingerprint density at radius 3 is 2.74 bits per heavy atom. The van der Waals surface area contributed by atoms with E-state index < -0.39 is 0 Å². The summed E-state index contributed by atoms with van der Waals surface area (Å²) in [6, 6.07) is 13.4. The summed E-state index contributed by atoms with van der Waals surface area (Å²) in [7, 11) is 0. The molecule has 19 heavy (non-hydrogen) atoms. The van der Waals surface area contributed by atoms with Gasteiger partial charge >= 0.3 is 0 Å². The number of nitrogens with one attached hydrogen (secondary N) is 1. The van der Waals surface area contributed by atoms with Crippen LogP contribution in [0.1, 0.15) is 11.1 Å². The van der Waals surface area contributed by atoms with Crippen molar-refractivity contribution in [1.82, 2.24) is 0 Å². The molecular formula is C15H11BrN2O. The van der Waals surface area contributed by atoms with Crippen molar-refractivity contribution in [2.24, 2.45) is 4.99 Å². The van der Waals surface area contributed by atoms with Gasteiger partial charge in [0.2, 0.25) is 0 Å². The van der Waals surface area contributed by atoms with E-state index in [0.29, 0.717) is 5.71 Å². The third-order valence-electron chi connectivity index (χ3n) is 3.04. The largest absolute Gasteiger partial charge is 0.320 e. The third-order valence-corrected chi connectivity index (χ3v) is 3.53. The van der Waals surface area contributed by atoms with Crippen LogP contribution < -0.4 is 5.32 Å². The smallest absolute Gasteiger partial charge is 0.275 e. The summed E-state index contributed by atoms with van der Waals surface area (Å²) >= 11 is 3.42. The van der Waals surface area contributed by atoms with Crippen LogP contribution >= 0.6 is 15.9 Å². The Hall–Kier alpha value is -1.94. The molecule has 0 saturated carbocycles. The van der Waals surface area contributed by atoms with Gasteiger partial charge in [0, 0.05) is 10.0 Å². The quantitative estimate of drug-likeness (QED) is 0.854. The van der Waals surface area contributed by atoms with Crippen LogP contribution in [0.15, 0.2) is 51.9 Å². The predicted molar refractivity (Wildman–Crippen MR) is 80.1 cm³/mol. The van der Waals surface area contributed by atoms with E-state index in [2.05, 4.69) is 26.2 Å². The number of amides is 1. The lowest BCUT2D eigenvalue weighted by Gasteiger charge is -2.02. The Labute approximate surface area is 119 Å². The molecule has 1 N–H and O–H groups in total. The molecule has 94 valence electrons. The number of benzene rings is 2. The zero-order valence-electron chi connectivity index (χ0n) is 10.3. The Balaban J connectivity index is 2.11. The van der Waals surface area contributed by atoms with Gasteiger partial charge in [-0.25, -0.2) is 4.99 Å². The van der Waals surface area contributed by atoms with E-state index in [0.717, 1.165) is 27.0 Å². The van der Waals surface area contributed by atoms with Crippen molar-refractivity contribution in [1.29, 1.82) is 0 Å². The molecule has 0 bridgehead atoms. The molecule has 0 aromatic heterocycles. The van der Waals surface area contributed by atoms with Gasteiger partial charge in [-0.05, 0) is 36.8 Å². The third kappa shape index (κ3) is 2.19. The lowest BCUT2D eigenvalue weighted by atomic mass is 10.1. The van der Waals surface area contributed by atoms with E-state index in [-0.39, 0.29) is 5.91 Å². The lowest BCUT2D eigenvalue weighted by Crippen LogP contribution is -2.13. The van der Waals surface area contributed by atoms with Crippen LogP contribution in [-0.2, 0) is 4.79 Å². The maximum atomic E-state index is 12.0. The molecule has 0 atom stereocenters. The highest BCUT2D eigenvalue weighted by Crippen LogP contribution is 2.28. The maximum absolute atomic E-state index is 12.0. The normalized spacial score (nSPS) is 15.5. The molecule has 1 aliphatic heterocycles. The van der Waals surface area contributed by atoms with Gasteiger partial charge in [-0.2, -0.15) is 0 Å². The molecule has 0 aliphatic carbocycles. The first-order valence-corrected chi connectivity index (χ1v) is 6.70. The van der Waals surface area contributed by atoms with Crippen molar-refractivity contribution in [3.05, 3.63) is 58.1 Å². The van der Waals surface area contributed by atoms with Gasteiger partial charge in [0.15, 0.2) is 0 Å². The van der Waals surface area contributed by atoms with Crippen molar-refractivity contribution in [3.63, 3.8) is 0 Å². The Morgan fingerprint density at radius 2 is 1.95 bits per heavy atom. The molecule has 0 saturated heterocycles. The number of aliphatic imine (C=N–C) groups is 1. The number of carbonyl (C=O) groups is 1. The highest BCUT2D eigenvalue weighted by Gasteiger charge is 2.25. The summed E-state index contributed by atoms with van der Waals surface area (Å²) in [6.45, 7) is 1.98. The number of halogens is 1. The van der Waals surface area contributed by atoms with Gasteiger partial charge < -0.3 is 5.32 Å². The lowest BCUT2D eigenvalue weighted by molar-refractivity contribution is -0.110. The number of para-hydroxylation sites is 1. The zero-order chi connectivity index (χ0) is 13.4. The molecule has 1 aliphatic rings. The molecule has 0 unspecified atom stereocenters. The summed E-state index contributed by atoms with van der Waals surface area (Å²) < 4.78 is 1.00. The predicted octanol–water partition coefficient (Wildman–Crippen LogP) is 3.83. The first-order valence-electron chi connectivity index (χ1n) is 5.91. The van der Waals surface area contributed by atoms with Gasteiger partial charge in [0.1, 0.15) is 5.71 Å². The van der Waals surface area contributed by atoms with Gasteiger partial charge in [0.05, 0.1) is 11.4 Å². The number of nitrogens with zero attached hydrogens (tertiary/aromatic N) is 1. The maximum Gasteiger partial charge on any atom is 0.275 e. The second-order valence-electron chi connectivity index (χ2n) is 4.39. The fourth-order valence-electron chi connectivity index (χ4n) is 2.08. The Morgan fingerprint density at radius 1 is 1.16 bits per heavy atom. The van der Waals surface area contributed by atoms with E-state index in [4.69, 9.17) is 0 Å². The molecule has 2 aromatic rings. The second-order valence-corrected chi connectivity index (χ2v) is 5.31. The van der Waals surface area contributed by atoms with Crippen LogP contribution in [0.25, 0.3) is 0 Å². The number of carbonyl (C=O) groups excluding carboxylic acids is 1. The molecular weight excluding hydrogens is 304 g/mol. The fourth-order valence-corrected chi connectivity index (χ4v) is 2.55. The number of anilines is 1. The monoisotopic (exact) mass is 314 g/mol. The molecule has 0 spiro atoms. The molecule has 3 rings (SSSR count). The molecule has 3 nitrogen and oxygen atoms in total. The molecule has 1 heterocycles. The minimum Gasteiger partial charge on any atom is -0.320 e. The highest BCUT2D eigenvalue weighted by atomic mass is 79.9. The molecule has 4 heteroatoms. The van der Waals surface area contributed by atoms with E-state index >= 15 is 0 Å². The minimum absolute atomic E-state index is 0.150. The van der Waals surface area contributed by atoms with E-state index in [1.165, 1.54) is 0 Å². The Kier molecular flexibility index (Phi) is 2.95. The van der Waals surface area contributed by atoms with Crippen molar-refractivity contribution < 1.29 is 4.79 Å². The SMILES string of the molecule is Cc1cc(Br)ccc1N=C1C(=O)Nc2ccccc21. The number of hydrogen-bond donors (Lipinski definition) is 1. The van der Waals surface area contributed by atoms with Crippen molar-refractivity contribution in [2.45, 2.75) is 6.92 Å². The van der Waals surface area contributed by atoms with Crippen LogP contribution in [0.3, 0.4) is 0 Å². The summed E-state index contributed by atoms with van der Waals surface area (Å²) in [5.41, 5.74) is 3.99. The van der Waals surface area contributed by atoms with Crippen LogP contribution in [-0.4, -0.2) is 11.6 Å². The highest BCUT2D eigenvalue weighted by molar-refractivity contribution is 9.10. The zero-order valence-corrected chi connectivity index (χ0v) is 11.9. The first-order chi connectivity index (χ1) is 9.15. The van der Waals surface area contributed by atoms with E-state index in [1.807, 2.05) is 49.4 Å². The Bertz CT molecular complexity index is 707. The van der Waals surface area contributed by atoms with Crippen molar-refractivity contribution in [3.8, 4) is 0 Å². The summed E-state index contributed by atoms with van der Waals surface area (Å²) in [4.78, 5) is 16.5. The molecule has 0 fully saturated rings. The fraction of sp³-hybridized carbons (Fsp3) is 0.0667. The standard InChI is InChI=1S/C15H11BrN2O/c1-9-8-10(16)6-7-12(9)17-14-11-4-2-3-5-13(11)18-15(14)19/h2-8H,1H3,(H,17,18,19). The second kappa shape index (κ2) is 4.63. The summed E-state index contributed by atoms with van der Waals surface area (Å²) in [6.07, 6.45) is 0. The first kappa shape index (κ1) is 12.1. The number of hydrogen-bond acceptors (Lipinski definition) is 2. The van der Waals surface area contributed by atoms with E-state index in [1.54, 1.807) is 0 Å². The van der Waals surface area contributed by atoms with Gasteiger partial charge in [-0.1, -0.05) is 34.1 Å². The number of rotatable bonds is 1. The van der Waals surface area contributed by atoms with Crippen molar-refractivity contribution >= 4 is 38.9 Å². The minimum atomic E-state index is -0.150. The van der Waals surface area contributed by atoms with Gasteiger partial charge in [-0.3, -0.25) is 4.79 Å². The van der Waals surface area contributed by atoms with Crippen LogP contribution in [0.5, 0.6) is 0 Å². The average molecular weight is 315 g/mol. The number of aryl methyl sites for hydroxylation is 1. The van der Waals surface area contributed by atoms with Gasteiger partial charge in [0.25, 0.3) is 5.91 Å². The summed E-state index contributed by atoms with van der Waals surface area (Å²) in [5.74, 6) is -0.150. The average Bonchev–Trinajstić information content (AvgIpc) is 2.69. The van der Waals surface area contributed by atoms with Crippen LogP contribution in [0, 0.1) is 6.92 Å². The van der Waals surface area contributed by atoms with Crippen molar-refractivity contribution in [2.75, 3.05) is 5.32 Å². The molecule has 2 aromatic carbocycles.